The van der Waals surface area contributed by atoms with Crippen LogP contribution in [0.1, 0.15) is 30.9 Å². The number of nitrogens with zero attached hydrogens (tertiary/aromatic N) is 1. The number of ether oxygens (including phenoxy) is 2. The molecule has 3 rings (SSSR count). The van der Waals surface area contributed by atoms with Crippen LogP contribution in [0.4, 0.5) is 0 Å². The highest BCUT2D eigenvalue weighted by atomic mass is 35.5. The average Bonchev–Trinajstić information content (AvgIpc) is 2.97. The molecule has 0 atom stereocenters. The fraction of sp³-hybridized carbons (Fsp3) is 0.304. The van der Waals surface area contributed by atoms with Gasteiger partial charge in [-0.15, -0.1) is 0 Å². The van der Waals surface area contributed by atoms with Crippen molar-refractivity contribution in [2.75, 3.05) is 13.2 Å². The SMILES string of the molecule is CCOC(=O)CCCOc1ccc2c(c1)c(CC(N)=O)c(Cl)n2Cc1ccccc1. The van der Waals surface area contributed by atoms with Gasteiger partial charge in [0, 0.05) is 23.9 Å². The van der Waals surface area contributed by atoms with Gasteiger partial charge in [-0.05, 0) is 37.1 Å². The molecule has 1 amide bonds. The molecule has 6 nitrogen and oxygen atoms in total. The number of amides is 1. The maximum absolute atomic E-state index is 11.6. The quantitative estimate of drug-likeness (QED) is 0.389. The maximum Gasteiger partial charge on any atom is 0.305 e. The maximum atomic E-state index is 11.6. The van der Waals surface area contributed by atoms with Gasteiger partial charge >= 0.3 is 5.97 Å². The Hall–Kier alpha value is -2.99. The molecule has 0 saturated carbocycles. The van der Waals surface area contributed by atoms with Crippen LogP contribution >= 0.6 is 11.6 Å². The smallest absolute Gasteiger partial charge is 0.305 e. The Labute approximate surface area is 180 Å². The second-order valence-electron chi connectivity index (χ2n) is 6.92. The van der Waals surface area contributed by atoms with Crippen molar-refractivity contribution < 1.29 is 19.1 Å². The Morgan fingerprint density at radius 1 is 1.13 bits per heavy atom. The lowest BCUT2D eigenvalue weighted by molar-refractivity contribution is -0.143. The van der Waals surface area contributed by atoms with Crippen LogP contribution in [-0.2, 0) is 27.3 Å². The zero-order chi connectivity index (χ0) is 21.5. The van der Waals surface area contributed by atoms with Crippen molar-refractivity contribution in [2.24, 2.45) is 5.73 Å². The molecule has 0 bridgehead atoms. The lowest BCUT2D eigenvalue weighted by Gasteiger charge is -2.09. The third kappa shape index (κ3) is 5.33. The molecule has 2 aromatic carbocycles. The van der Waals surface area contributed by atoms with Gasteiger partial charge in [-0.1, -0.05) is 41.9 Å². The predicted octanol–water partition coefficient (Wildman–Crippen LogP) is 4.09. The van der Waals surface area contributed by atoms with Gasteiger partial charge in [0.25, 0.3) is 0 Å². The molecule has 1 heterocycles. The van der Waals surface area contributed by atoms with Crippen molar-refractivity contribution in [3.8, 4) is 5.75 Å². The van der Waals surface area contributed by atoms with E-state index in [-0.39, 0.29) is 12.4 Å². The Morgan fingerprint density at radius 3 is 2.60 bits per heavy atom. The fourth-order valence-electron chi connectivity index (χ4n) is 3.36. The summed E-state index contributed by atoms with van der Waals surface area (Å²) in [5.74, 6) is -0.0351. The molecule has 0 aliphatic rings. The average molecular weight is 429 g/mol. The van der Waals surface area contributed by atoms with Crippen LogP contribution in [0.5, 0.6) is 5.75 Å². The van der Waals surface area contributed by atoms with Crippen LogP contribution in [0.15, 0.2) is 48.5 Å². The molecular weight excluding hydrogens is 404 g/mol. The summed E-state index contributed by atoms with van der Waals surface area (Å²) in [5.41, 5.74) is 8.14. The van der Waals surface area contributed by atoms with Crippen LogP contribution in [0.25, 0.3) is 10.9 Å². The number of nitrogens with two attached hydrogens (primary N) is 1. The molecule has 0 aliphatic carbocycles. The second kappa shape index (κ2) is 10.2. The van der Waals surface area contributed by atoms with E-state index in [1.807, 2.05) is 53.1 Å². The minimum Gasteiger partial charge on any atom is -0.494 e. The van der Waals surface area contributed by atoms with Crippen molar-refractivity contribution in [1.29, 1.82) is 0 Å². The first-order valence-electron chi connectivity index (χ1n) is 9.90. The van der Waals surface area contributed by atoms with Crippen LogP contribution < -0.4 is 10.5 Å². The van der Waals surface area contributed by atoms with E-state index in [1.54, 1.807) is 6.92 Å². The van der Waals surface area contributed by atoms with Crippen molar-refractivity contribution >= 4 is 34.4 Å². The molecule has 158 valence electrons. The van der Waals surface area contributed by atoms with E-state index in [0.29, 0.717) is 49.1 Å². The number of aromatic nitrogens is 1. The molecule has 0 aliphatic heterocycles. The summed E-state index contributed by atoms with van der Waals surface area (Å²) in [6.07, 6.45) is 0.909. The topological polar surface area (TPSA) is 83.6 Å². The Morgan fingerprint density at radius 2 is 1.90 bits per heavy atom. The van der Waals surface area contributed by atoms with Crippen molar-refractivity contribution in [2.45, 2.75) is 32.7 Å². The van der Waals surface area contributed by atoms with E-state index >= 15 is 0 Å². The van der Waals surface area contributed by atoms with E-state index in [9.17, 15) is 9.59 Å². The minimum absolute atomic E-state index is 0.0451. The highest BCUT2D eigenvalue weighted by Gasteiger charge is 2.18. The number of carbonyl (C=O) groups excluding carboxylic acids is 2. The standard InChI is InChI=1S/C23H25ClN2O4/c1-2-29-22(28)9-6-12-30-17-10-11-20-18(13-17)19(14-21(25)27)23(24)26(20)15-16-7-4-3-5-8-16/h3-5,7-8,10-11,13H,2,6,9,12,14-15H2,1H3,(H2,25,27). The number of benzene rings is 2. The van der Waals surface area contributed by atoms with E-state index in [0.717, 1.165) is 16.5 Å². The van der Waals surface area contributed by atoms with Crippen LogP contribution in [0, 0.1) is 0 Å². The van der Waals surface area contributed by atoms with Gasteiger partial charge in [0.15, 0.2) is 0 Å². The Kier molecular flexibility index (Phi) is 7.36. The molecule has 3 aromatic rings. The van der Waals surface area contributed by atoms with Crippen molar-refractivity contribution in [3.05, 3.63) is 64.8 Å². The van der Waals surface area contributed by atoms with E-state index in [4.69, 9.17) is 26.8 Å². The number of hydrogen-bond acceptors (Lipinski definition) is 4. The van der Waals surface area contributed by atoms with E-state index < -0.39 is 5.91 Å². The summed E-state index contributed by atoms with van der Waals surface area (Å²) in [7, 11) is 0. The number of halogens is 1. The first kappa shape index (κ1) is 21.7. The summed E-state index contributed by atoms with van der Waals surface area (Å²) in [4.78, 5) is 23.1. The van der Waals surface area contributed by atoms with Crippen LogP contribution in [-0.4, -0.2) is 29.7 Å². The minimum atomic E-state index is -0.448. The van der Waals surface area contributed by atoms with Gasteiger partial charge < -0.3 is 19.8 Å². The third-order valence-corrected chi connectivity index (χ3v) is 5.14. The number of carbonyl (C=O) groups is 2. The first-order chi connectivity index (χ1) is 14.5. The largest absolute Gasteiger partial charge is 0.494 e. The van der Waals surface area contributed by atoms with Crippen molar-refractivity contribution in [1.82, 2.24) is 4.57 Å². The summed E-state index contributed by atoms with van der Waals surface area (Å²) in [6.45, 7) is 3.12. The van der Waals surface area contributed by atoms with E-state index in [2.05, 4.69) is 0 Å². The van der Waals surface area contributed by atoms with Crippen LogP contribution in [0.2, 0.25) is 5.15 Å². The molecule has 0 unspecified atom stereocenters. The lowest BCUT2D eigenvalue weighted by Crippen LogP contribution is -2.13. The number of hydrogen-bond donors (Lipinski definition) is 1. The molecule has 1 aromatic heterocycles. The summed E-state index contributed by atoms with van der Waals surface area (Å²) in [6, 6.07) is 15.6. The Balaban J connectivity index is 1.83. The predicted molar refractivity (Wildman–Crippen MR) is 117 cm³/mol. The monoisotopic (exact) mass is 428 g/mol. The van der Waals surface area contributed by atoms with Gasteiger partial charge in [0.1, 0.15) is 10.9 Å². The molecule has 0 radical (unpaired) electrons. The highest BCUT2D eigenvalue weighted by Crippen LogP contribution is 2.34. The molecule has 7 heteroatoms. The molecule has 30 heavy (non-hydrogen) atoms. The van der Waals surface area contributed by atoms with Gasteiger partial charge in [-0.25, -0.2) is 0 Å². The number of primary amides is 1. The van der Waals surface area contributed by atoms with Gasteiger partial charge in [-0.2, -0.15) is 0 Å². The highest BCUT2D eigenvalue weighted by molar-refractivity contribution is 6.32. The van der Waals surface area contributed by atoms with Gasteiger partial charge in [0.2, 0.25) is 5.91 Å². The fourth-order valence-corrected chi connectivity index (χ4v) is 3.68. The zero-order valence-corrected chi connectivity index (χ0v) is 17.7. The first-order valence-corrected chi connectivity index (χ1v) is 10.3. The Bertz CT molecular complexity index is 1030. The molecule has 0 fully saturated rings. The van der Waals surface area contributed by atoms with Gasteiger partial charge in [-0.3, -0.25) is 9.59 Å². The summed E-state index contributed by atoms with van der Waals surface area (Å²) in [5, 5.41) is 1.32. The second-order valence-corrected chi connectivity index (χ2v) is 7.28. The summed E-state index contributed by atoms with van der Waals surface area (Å²) >= 11 is 6.65. The zero-order valence-electron chi connectivity index (χ0n) is 16.9. The van der Waals surface area contributed by atoms with Crippen molar-refractivity contribution in [3.63, 3.8) is 0 Å². The molecule has 0 spiro atoms. The van der Waals surface area contributed by atoms with Gasteiger partial charge in [0.05, 0.1) is 25.2 Å². The van der Waals surface area contributed by atoms with Crippen LogP contribution in [0.3, 0.4) is 0 Å². The molecular formula is C23H25ClN2O4. The summed E-state index contributed by atoms with van der Waals surface area (Å²) < 4.78 is 12.7. The third-order valence-electron chi connectivity index (χ3n) is 4.70. The molecule has 2 N–H and O–H groups in total. The number of rotatable bonds is 10. The number of fused-ring (bicyclic) bond motifs is 1. The molecule has 0 saturated heterocycles. The lowest BCUT2D eigenvalue weighted by atomic mass is 10.1. The number of esters is 1. The normalized spacial score (nSPS) is 10.9. The van der Waals surface area contributed by atoms with E-state index in [1.165, 1.54) is 0 Å².